The number of aromatic nitrogens is 1. The van der Waals surface area contributed by atoms with Crippen molar-refractivity contribution in [1.29, 1.82) is 0 Å². The molecular formula is C14H25N3OS. The van der Waals surface area contributed by atoms with Gasteiger partial charge in [0.05, 0.1) is 12.3 Å². The summed E-state index contributed by atoms with van der Waals surface area (Å²) in [7, 11) is 1.72. The van der Waals surface area contributed by atoms with Gasteiger partial charge in [-0.05, 0) is 18.8 Å². The van der Waals surface area contributed by atoms with Crippen LogP contribution in [0.2, 0.25) is 0 Å². The zero-order valence-corrected chi connectivity index (χ0v) is 12.8. The van der Waals surface area contributed by atoms with E-state index >= 15 is 0 Å². The van der Waals surface area contributed by atoms with Crippen molar-refractivity contribution in [3.63, 3.8) is 0 Å². The van der Waals surface area contributed by atoms with Crippen LogP contribution in [-0.4, -0.2) is 38.3 Å². The van der Waals surface area contributed by atoms with Gasteiger partial charge in [0.2, 0.25) is 0 Å². The molecule has 0 saturated carbocycles. The summed E-state index contributed by atoms with van der Waals surface area (Å²) >= 11 is 1.77. The summed E-state index contributed by atoms with van der Waals surface area (Å²) < 4.78 is 5.01. The average Bonchev–Trinajstić information content (AvgIpc) is 3.04. The molecule has 1 aliphatic rings. The van der Waals surface area contributed by atoms with Crippen LogP contribution in [0, 0.1) is 5.92 Å². The quantitative estimate of drug-likeness (QED) is 0.744. The van der Waals surface area contributed by atoms with Crippen molar-refractivity contribution in [1.82, 2.24) is 10.3 Å². The summed E-state index contributed by atoms with van der Waals surface area (Å²) in [5.41, 5.74) is 1.15. The molecule has 1 aromatic rings. The van der Waals surface area contributed by atoms with Gasteiger partial charge in [0, 0.05) is 38.7 Å². The maximum Gasteiger partial charge on any atom is 0.185 e. The smallest absolute Gasteiger partial charge is 0.185 e. The first-order chi connectivity index (χ1) is 9.33. The Bertz CT molecular complexity index is 369. The molecule has 0 aromatic carbocycles. The first-order valence-electron chi connectivity index (χ1n) is 7.22. The molecule has 1 fully saturated rings. The zero-order valence-electron chi connectivity index (χ0n) is 12.0. The molecule has 0 amide bonds. The van der Waals surface area contributed by atoms with Crippen LogP contribution in [-0.2, 0) is 11.3 Å². The second-order valence-corrected chi connectivity index (χ2v) is 6.02. The number of ether oxygens (including phenoxy) is 1. The van der Waals surface area contributed by atoms with Crippen molar-refractivity contribution in [3.8, 4) is 0 Å². The van der Waals surface area contributed by atoms with Gasteiger partial charge in [-0.15, -0.1) is 11.3 Å². The third kappa shape index (κ3) is 4.44. The van der Waals surface area contributed by atoms with E-state index in [-0.39, 0.29) is 0 Å². The van der Waals surface area contributed by atoms with Crippen molar-refractivity contribution in [3.05, 3.63) is 11.1 Å². The Morgan fingerprint density at radius 3 is 3.26 bits per heavy atom. The summed E-state index contributed by atoms with van der Waals surface area (Å²) in [6, 6.07) is 0. The van der Waals surface area contributed by atoms with Crippen LogP contribution in [0.1, 0.15) is 31.9 Å². The van der Waals surface area contributed by atoms with E-state index in [1.807, 2.05) is 0 Å². The van der Waals surface area contributed by atoms with Crippen molar-refractivity contribution < 1.29 is 4.74 Å². The lowest BCUT2D eigenvalue weighted by molar-refractivity contribution is 0.199. The molecule has 0 bridgehead atoms. The normalized spacial score (nSPS) is 19.3. The fourth-order valence-electron chi connectivity index (χ4n) is 2.56. The van der Waals surface area contributed by atoms with Gasteiger partial charge in [-0.25, -0.2) is 4.98 Å². The maximum atomic E-state index is 5.01. The molecule has 19 heavy (non-hydrogen) atoms. The lowest BCUT2D eigenvalue weighted by Gasteiger charge is -2.14. The van der Waals surface area contributed by atoms with Gasteiger partial charge >= 0.3 is 0 Å². The van der Waals surface area contributed by atoms with Crippen LogP contribution in [0.3, 0.4) is 0 Å². The molecule has 0 spiro atoms. The Morgan fingerprint density at radius 1 is 1.58 bits per heavy atom. The van der Waals surface area contributed by atoms with E-state index in [9.17, 15) is 0 Å². The molecule has 1 saturated heterocycles. The Hall–Kier alpha value is -0.650. The largest absolute Gasteiger partial charge is 0.383 e. The molecule has 4 nitrogen and oxygen atoms in total. The van der Waals surface area contributed by atoms with Crippen LogP contribution >= 0.6 is 11.3 Å². The van der Waals surface area contributed by atoms with Crippen LogP contribution in [0.15, 0.2) is 5.38 Å². The van der Waals surface area contributed by atoms with Gasteiger partial charge in [-0.1, -0.05) is 13.3 Å². The molecule has 1 atom stereocenters. The van der Waals surface area contributed by atoms with E-state index < -0.39 is 0 Å². The highest BCUT2D eigenvalue weighted by atomic mass is 32.1. The second kappa shape index (κ2) is 7.82. The topological polar surface area (TPSA) is 37.4 Å². The Labute approximate surface area is 120 Å². The number of nitrogens with one attached hydrogen (secondary N) is 1. The van der Waals surface area contributed by atoms with Crippen molar-refractivity contribution in [2.24, 2.45) is 5.92 Å². The molecule has 0 radical (unpaired) electrons. The number of anilines is 1. The van der Waals surface area contributed by atoms with E-state index in [4.69, 9.17) is 9.72 Å². The van der Waals surface area contributed by atoms with E-state index in [0.29, 0.717) is 0 Å². The lowest BCUT2D eigenvalue weighted by atomic mass is 10.0. The molecule has 2 rings (SSSR count). The van der Waals surface area contributed by atoms with E-state index in [0.717, 1.165) is 31.3 Å². The molecular weight excluding hydrogens is 258 g/mol. The molecule has 5 heteroatoms. The van der Waals surface area contributed by atoms with Gasteiger partial charge in [-0.2, -0.15) is 0 Å². The van der Waals surface area contributed by atoms with Gasteiger partial charge in [0.15, 0.2) is 5.13 Å². The molecule has 108 valence electrons. The number of rotatable bonds is 8. The number of hydrogen-bond donors (Lipinski definition) is 1. The fourth-order valence-corrected chi connectivity index (χ4v) is 3.43. The SMILES string of the molecule is CCCC1CCN(c2nc(CNCCOC)cs2)C1. The predicted octanol–water partition coefficient (Wildman–Crippen LogP) is 2.51. The monoisotopic (exact) mass is 283 g/mol. The number of hydrogen-bond acceptors (Lipinski definition) is 5. The minimum absolute atomic E-state index is 0.752. The summed E-state index contributed by atoms with van der Waals surface area (Å²) in [5.74, 6) is 0.872. The van der Waals surface area contributed by atoms with Crippen molar-refractivity contribution in [2.75, 3.05) is 38.3 Å². The predicted molar refractivity (Wildman–Crippen MR) is 80.9 cm³/mol. The molecule has 1 N–H and O–H groups in total. The van der Waals surface area contributed by atoms with E-state index in [1.165, 1.54) is 37.5 Å². The fraction of sp³-hybridized carbons (Fsp3) is 0.786. The molecule has 0 aliphatic carbocycles. The molecule has 2 heterocycles. The Kier molecular flexibility index (Phi) is 6.07. The first kappa shape index (κ1) is 14.8. The van der Waals surface area contributed by atoms with Gasteiger partial charge in [-0.3, -0.25) is 0 Å². The number of nitrogens with zero attached hydrogens (tertiary/aromatic N) is 2. The summed E-state index contributed by atoms with van der Waals surface area (Å²) in [5, 5.41) is 6.70. The highest BCUT2D eigenvalue weighted by molar-refractivity contribution is 7.13. The minimum Gasteiger partial charge on any atom is -0.383 e. The maximum absolute atomic E-state index is 5.01. The highest BCUT2D eigenvalue weighted by Crippen LogP contribution is 2.28. The highest BCUT2D eigenvalue weighted by Gasteiger charge is 2.23. The van der Waals surface area contributed by atoms with Crippen LogP contribution in [0.5, 0.6) is 0 Å². The average molecular weight is 283 g/mol. The van der Waals surface area contributed by atoms with Gasteiger partial charge < -0.3 is 15.0 Å². The zero-order chi connectivity index (χ0) is 13.5. The number of methoxy groups -OCH3 is 1. The summed E-state index contributed by atoms with van der Waals surface area (Å²) in [4.78, 5) is 7.17. The van der Waals surface area contributed by atoms with Gasteiger partial charge in [0.1, 0.15) is 0 Å². The lowest BCUT2D eigenvalue weighted by Crippen LogP contribution is -2.20. The number of thiazole rings is 1. The van der Waals surface area contributed by atoms with Crippen LogP contribution < -0.4 is 10.2 Å². The molecule has 1 aromatic heterocycles. The second-order valence-electron chi connectivity index (χ2n) is 5.18. The summed E-state index contributed by atoms with van der Waals surface area (Å²) in [6.07, 6.45) is 3.98. The third-order valence-electron chi connectivity index (χ3n) is 3.58. The molecule has 1 aliphatic heterocycles. The standard InChI is InChI=1S/C14H25N3OS/c1-3-4-12-5-7-17(10-12)14-16-13(11-19-14)9-15-6-8-18-2/h11-12,15H,3-10H2,1-2H3. The van der Waals surface area contributed by atoms with Crippen LogP contribution in [0.25, 0.3) is 0 Å². The van der Waals surface area contributed by atoms with Crippen LogP contribution in [0.4, 0.5) is 5.13 Å². The van der Waals surface area contributed by atoms with E-state index in [2.05, 4.69) is 22.5 Å². The summed E-state index contributed by atoms with van der Waals surface area (Å²) in [6.45, 7) is 7.11. The third-order valence-corrected chi connectivity index (χ3v) is 4.53. The first-order valence-corrected chi connectivity index (χ1v) is 8.10. The van der Waals surface area contributed by atoms with Gasteiger partial charge in [0.25, 0.3) is 0 Å². The Morgan fingerprint density at radius 2 is 2.47 bits per heavy atom. The Balaban J connectivity index is 1.77. The van der Waals surface area contributed by atoms with Crippen molar-refractivity contribution in [2.45, 2.75) is 32.7 Å². The minimum atomic E-state index is 0.752. The van der Waals surface area contributed by atoms with Crippen molar-refractivity contribution >= 4 is 16.5 Å². The molecule has 1 unspecified atom stereocenters. The van der Waals surface area contributed by atoms with E-state index in [1.54, 1.807) is 18.4 Å².